The highest BCUT2D eigenvalue weighted by atomic mass is 79.9. The number of nitrogens with zero attached hydrogens (tertiary/aromatic N) is 2. The summed E-state index contributed by atoms with van der Waals surface area (Å²) in [5, 5.41) is 13.3. The maximum absolute atomic E-state index is 11.2. The van der Waals surface area contributed by atoms with Gasteiger partial charge in [0.2, 0.25) is 0 Å². The van der Waals surface area contributed by atoms with Gasteiger partial charge in [0, 0.05) is 12.6 Å². The molecule has 1 heterocycles. The summed E-state index contributed by atoms with van der Waals surface area (Å²) in [7, 11) is 1.77. The van der Waals surface area contributed by atoms with E-state index in [2.05, 4.69) is 21.0 Å². The Kier molecular flexibility index (Phi) is 2.35. The first-order valence-corrected chi connectivity index (χ1v) is 5.50. The van der Waals surface area contributed by atoms with Gasteiger partial charge in [-0.3, -0.25) is 4.68 Å². The first-order valence-electron chi connectivity index (χ1n) is 4.71. The predicted octanol–water partition coefficient (Wildman–Crippen LogP) is 0.758. The molecule has 1 aliphatic carbocycles. The van der Waals surface area contributed by atoms with Crippen LogP contribution >= 0.6 is 15.9 Å². The van der Waals surface area contributed by atoms with Crippen LogP contribution < -0.4 is 5.73 Å². The molecular weight excluding hydrogens is 262 g/mol. The number of nitrogens with two attached hydrogens (primary N) is 1. The monoisotopic (exact) mass is 273 g/mol. The molecule has 82 valence electrons. The molecule has 0 aromatic carbocycles. The molecule has 0 fully saturated rings. The standard InChI is InChI=1S/C9H12BrN3O2/c1-13-7(10)5-3-2-4-9(11,8(14)15)6(5)12-13/h2-4,11H2,1H3,(H,14,15). The van der Waals surface area contributed by atoms with Crippen molar-refractivity contribution in [3.8, 4) is 0 Å². The summed E-state index contributed by atoms with van der Waals surface area (Å²) in [6.07, 6.45) is 2.05. The third-order valence-corrected chi connectivity index (χ3v) is 3.86. The maximum atomic E-state index is 11.2. The third kappa shape index (κ3) is 1.39. The number of aryl methyl sites for hydroxylation is 1. The van der Waals surface area contributed by atoms with Gasteiger partial charge in [-0.05, 0) is 35.2 Å². The van der Waals surface area contributed by atoms with Gasteiger partial charge in [0.05, 0.1) is 5.69 Å². The highest BCUT2D eigenvalue weighted by Gasteiger charge is 2.43. The molecule has 2 rings (SSSR count). The van der Waals surface area contributed by atoms with Crippen molar-refractivity contribution in [1.82, 2.24) is 9.78 Å². The Morgan fingerprint density at radius 2 is 2.40 bits per heavy atom. The lowest BCUT2D eigenvalue weighted by molar-refractivity contribution is -0.144. The van der Waals surface area contributed by atoms with Crippen molar-refractivity contribution >= 4 is 21.9 Å². The quantitative estimate of drug-likeness (QED) is 0.792. The number of aliphatic carboxylic acids is 1. The van der Waals surface area contributed by atoms with Crippen molar-refractivity contribution in [2.75, 3.05) is 0 Å². The molecule has 0 amide bonds. The summed E-state index contributed by atoms with van der Waals surface area (Å²) in [6.45, 7) is 0. The van der Waals surface area contributed by atoms with Gasteiger partial charge in [-0.2, -0.15) is 5.10 Å². The Bertz CT molecular complexity index is 429. The molecule has 0 spiro atoms. The summed E-state index contributed by atoms with van der Waals surface area (Å²) in [5.74, 6) is -1.01. The van der Waals surface area contributed by atoms with Crippen LogP contribution in [-0.4, -0.2) is 20.9 Å². The van der Waals surface area contributed by atoms with E-state index in [1.54, 1.807) is 11.7 Å². The number of halogens is 1. The minimum atomic E-state index is -1.32. The minimum absolute atomic E-state index is 0.443. The topological polar surface area (TPSA) is 81.1 Å². The summed E-state index contributed by atoms with van der Waals surface area (Å²) in [4.78, 5) is 11.2. The van der Waals surface area contributed by atoms with Crippen molar-refractivity contribution in [2.24, 2.45) is 12.8 Å². The Labute approximate surface area is 95.4 Å². The first-order chi connectivity index (χ1) is 6.97. The fraction of sp³-hybridized carbons (Fsp3) is 0.556. The van der Waals surface area contributed by atoms with Crippen molar-refractivity contribution in [1.29, 1.82) is 0 Å². The lowest BCUT2D eigenvalue weighted by atomic mass is 9.82. The number of carboxylic acid groups (broad SMARTS) is 1. The van der Waals surface area contributed by atoms with Crippen LogP contribution in [0.4, 0.5) is 0 Å². The Hall–Kier alpha value is -0.880. The summed E-state index contributed by atoms with van der Waals surface area (Å²) in [5.41, 5.74) is 6.00. The number of carboxylic acids is 1. The molecule has 15 heavy (non-hydrogen) atoms. The van der Waals surface area contributed by atoms with Gasteiger partial charge in [-0.25, -0.2) is 4.79 Å². The molecular formula is C9H12BrN3O2. The molecule has 0 radical (unpaired) electrons. The Morgan fingerprint density at radius 1 is 1.73 bits per heavy atom. The van der Waals surface area contributed by atoms with Crippen LogP contribution in [0.1, 0.15) is 24.1 Å². The lowest BCUT2D eigenvalue weighted by Crippen LogP contribution is -2.47. The molecule has 5 nitrogen and oxygen atoms in total. The molecule has 3 N–H and O–H groups in total. The van der Waals surface area contributed by atoms with Gasteiger partial charge in [-0.15, -0.1) is 0 Å². The van der Waals surface area contributed by atoms with Crippen molar-refractivity contribution in [3.05, 3.63) is 15.9 Å². The fourth-order valence-electron chi connectivity index (χ4n) is 2.00. The molecule has 1 unspecified atom stereocenters. The fourth-order valence-corrected chi connectivity index (χ4v) is 2.46. The molecule has 0 saturated carbocycles. The second-order valence-electron chi connectivity index (χ2n) is 3.87. The number of hydrogen-bond donors (Lipinski definition) is 2. The number of fused-ring (bicyclic) bond motifs is 1. The van der Waals surface area contributed by atoms with Gasteiger partial charge in [0.15, 0.2) is 5.54 Å². The summed E-state index contributed by atoms with van der Waals surface area (Å²) < 4.78 is 2.45. The van der Waals surface area contributed by atoms with Crippen LogP contribution in [-0.2, 0) is 23.8 Å². The number of hydrogen-bond acceptors (Lipinski definition) is 3. The SMILES string of the molecule is Cn1nc2c(c1Br)CCCC2(N)C(=O)O. The highest BCUT2D eigenvalue weighted by molar-refractivity contribution is 9.10. The smallest absolute Gasteiger partial charge is 0.330 e. The predicted molar refractivity (Wildman–Crippen MR) is 57.3 cm³/mol. The van der Waals surface area contributed by atoms with E-state index >= 15 is 0 Å². The molecule has 1 aromatic heterocycles. The van der Waals surface area contributed by atoms with Crippen LogP contribution in [0.25, 0.3) is 0 Å². The van der Waals surface area contributed by atoms with Gasteiger partial charge in [0.25, 0.3) is 0 Å². The van der Waals surface area contributed by atoms with Gasteiger partial charge in [-0.1, -0.05) is 0 Å². The second-order valence-corrected chi connectivity index (χ2v) is 4.62. The molecule has 0 saturated heterocycles. The normalized spacial score (nSPS) is 25.0. The minimum Gasteiger partial charge on any atom is -0.480 e. The third-order valence-electron chi connectivity index (χ3n) is 2.87. The Morgan fingerprint density at radius 3 is 3.00 bits per heavy atom. The van der Waals surface area contributed by atoms with E-state index in [9.17, 15) is 4.79 Å². The zero-order chi connectivity index (χ0) is 11.2. The summed E-state index contributed by atoms with van der Waals surface area (Å²) in [6, 6.07) is 0. The van der Waals surface area contributed by atoms with Crippen molar-refractivity contribution in [2.45, 2.75) is 24.8 Å². The van der Waals surface area contributed by atoms with Crippen molar-refractivity contribution in [3.63, 3.8) is 0 Å². The average Bonchev–Trinajstić information content (AvgIpc) is 2.46. The average molecular weight is 274 g/mol. The zero-order valence-electron chi connectivity index (χ0n) is 8.33. The molecule has 0 aliphatic heterocycles. The second kappa shape index (κ2) is 3.31. The van der Waals surface area contributed by atoms with Crippen LogP contribution in [0.15, 0.2) is 4.60 Å². The van der Waals surface area contributed by atoms with E-state index in [4.69, 9.17) is 10.8 Å². The molecule has 0 bridgehead atoms. The zero-order valence-corrected chi connectivity index (χ0v) is 9.91. The van der Waals surface area contributed by atoms with Crippen LogP contribution in [0, 0.1) is 0 Å². The lowest BCUT2D eigenvalue weighted by Gasteiger charge is -2.27. The molecule has 6 heteroatoms. The van der Waals surface area contributed by atoms with Gasteiger partial charge in [0.1, 0.15) is 4.60 Å². The largest absolute Gasteiger partial charge is 0.480 e. The maximum Gasteiger partial charge on any atom is 0.330 e. The summed E-state index contributed by atoms with van der Waals surface area (Å²) >= 11 is 3.39. The van der Waals surface area contributed by atoms with E-state index in [0.717, 1.165) is 23.0 Å². The van der Waals surface area contributed by atoms with Crippen LogP contribution in [0.3, 0.4) is 0 Å². The molecule has 1 aliphatic rings. The van der Waals surface area contributed by atoms with Gasteiger partial charge < -0.3 is 10.8 Å². The van der Waals surface area contributed by atoms with Gasteiger partial charge >= 0.3 is 5.97 Å². The number of carbonyl (C=O) groups is 1. The highest BCUT2D eigenvalue weighted by Crippen LogP contribution is 2.36. The van der Waals surface area contributed by atoms with Crippen LogP contribution in [0.5, 0.6) is 0 Å². The Balaban J connectivity index is 2.61. The number of rotatable bonds is 1. The van der Waals surface area contributed by atoms with Crippen LogP contribution in [0.2, 0.25) is 0 Å². The van der Waals surface area contributed by atoms with Crippen molar-refractivity contribution < 1.29 is 9.90 Å². The first kappa shape index (κ1) is 10.6. The molecule has 1 atom stereocenters. The van der Waals surface area contributed by atoms with E-state index in [-0.39, 0.29) is 0 Å². The number of aromatic nitrogens is 2. The van der Waals surface area contributed by atoms with E-state index < -0.39 is 11.5 Å². The van der Waals surface area contributed by atoms with E-state index in [1.165, 1.54) is 0 Å². The van der Waals surface area contributed by atoms with E-state index in [1.807, 2.05) is 0 Å². The molecule has 1 aromatic rings. The van der Waals surface area contributed by atoms with E-state index in [0.29, 0.717) is 12.1 Å².